The van der Waals surface area contributed by atoms with E-state index in [0.717, 1.165) is 16.3 Å². The Balaban J connectivity index is 2.14. The number of thiazole rings is 1. The molecule has 0 aliphatic rings. The monoisotopic (exact) mass is 248 g/mol. The van der Waals surface area contributed by atoms with Crippen LogP contribution in [-0.2, 0) is 11.2 Å². The Morgan fingerprint density at radius 3 is 3.06 bits per heavy atom. The summed E-state index contributed by atoms with van der Waals surface area (Å²) in [5.74, 6) is -1.19. The van der Waals surface area contributed by atoms with Crippen LogP contribution in [0.2, 0.25) is 0 Å². The molecule has 17 heavy (non-hydrogen) atoms. The van der Waals surface area contributed by atoms with E-state index in [2.05, 4.69) is 9.97 Å². The second kappa shape index (κ2) is 5.05. The van der Waals surface area contributed by atoms with E-state index in [1.54, 1.807) is 19.3 Å². The highest BCUT2D eigenvalue weighted by Gasteiger charge is 2.14. The maximum absolute atomic E-state index is 10.7. The fraction of sp³-hybridized carbons (Fsp3) is 0.250. The molecule has 2 aromatic rings. The summed E-state index contributed by atoms with van der Waals surface area (Å²) in [6, 6.07) is 3.79. The zero-order chi connectivity index (χ0) is 12.3. The largest absolute Gasteiger partial charge is 0.481 e. The molecule has 1 unspecified atom stereocenters. The molecule has 0 saturated heterocycles. The molecule has 0 amide bonds. The Hall–Kier alpha value is -1.75. The summed E-state index contributed by atoms with van der Waals surface area (Å²) in [7, 11) is 0. The van der Waals surface area contributed by atoms with Crippen molar-refractivity contribution >= 4 is 17.3 Å². The molecule has 2 aromatic heterocycles. The van der Waals surface area contributed by atoms with E-state index in [-0.39, 0.29) is 0 Å². The van der Waals surface area contributed by atoms with Gasteiger partial charge in [0.15, 0.2) is 0 Å². The van der Waals surface area contributed by atoms with E-state index in [1.807, 2.05) is 17.5 Å². The standard InChI is InChI=1S/C12H12N2O2S/c1-8(12(15)16)5-11-14-10(7-17-11)9-3-2-4-13-6-9/h2-4,6-8H,5H2,1H3,(H,15,16). The smallest absolute Gasteiger partial charge is 0.306 e. The van der Waals surface area contributed by atoms with Crippen molar-refractivity contribution in [3.05, 3.63) is 34.9 Å². The number of carboxylic acid groups (broad SMARTS) is 1. The first-order chi connectivity index (χ1) is 8.16. The van der Waals surface area contributed by atoms with Crippen molar-refractivity contribution in [3.8, 4) is 11.3 Å². The zero-order valence-corrected chi connectivity index (χ0v) is 10.1. The Morgan fingerprint density at radius 1 is 1.59 bits per heavy atom. The van der Waals surface area contributed by atoms with E-state index in [0.29, 0.717) is 6.42 Å². The van der Waals surface area contributed by atoms with E-state index in [9.17, 15) is 4.79 Å². The molecule has 0 bridgehead atoms. The quantitative estimate of drug-likeness (QED) is 0.902. The van der Waals surface area contributed by atoms with Gasteiger partial charge in [-0.15, -0.1) is 11.3 Å². The van der Waals surface area contributed by atoms with E-state index in [4.69, 9.17) is 5.11 Å². The molecule has 0 aliphatic carbocycles. The van der Waals surface area contributed by atoms with Gasteiger partial charge in [-0.25, -0.2) is 4.98 Å². The molecular weight excluding hydrogens is 236 g/mol. The van der Waals surface area contributed by atoms with E-state index >= 15 is 0 Å². The van der Waals surface area contributed by atoms with Crippen LogP contribution in [0.4, 0.5) is 0 Å². The summed E-state index contributed by atoms with van der Waals surface area (Å²) in [6.07, 6.45) is 3.93. The normalized spacial score (nSPS) is 12.3. The van der Waals surface area contributed by atoms with Crippen LogP contribution in [0.5, 0.6) is 0 Å². The molecule has 0 aromatic carbocycles. The van der Waals surface area contributed by atoms with E-state index in [1.165, 1.54) is 11.3 Å². The highest BCUT2D eigenvalue weighted by atomic mass is 32.1. The van der Waals surface area contributed by atoms with Gasteiger partial charge >= 0.3 is 5.97 Å². The summed E-state index contributed by atoms with van der Waals surface area (Å²) in [5.41, 5.74) is 1.81. The molecular formula is C12H12N2O2S. The van der Waals surface area contributed by atoms with Crippen molar-refractivity contribution in [2.45, 2.75) is 13.3 Å². The first kappa shape index (κ1) is 11.7. The van der Waals surface area contributed by atoms with Gasteiger partial charge < -0.3 is 5.11 Å². The van der Waals surface area contributed by atoms with Gasteiger partial charge in [0, 0.05) is 29.8 Å². The van der Waals surface area contributed by atoms with Crippen molar-refractivity contribution < 1.29 is 9.90 Å². The summed E-state index contributed by atoms with van der Waals surface area (Å²) in [6.45, 7) is 1.69. The first-order valence-electron chi connectivity index (χ1n) is 5.24. The fourth-order valence-electron chi connectivity index (χ4n) is 1.40. The van der Waals surface area contributed by atoms with Crippen LogP contribution in [0, 0.1) is 5.92 Å². The average Bonchev–Trinajstić information content (AvgIpc) is 2.78. The zero-order valence-electron chi connectivity index (χ0n) is 9.33. The minimum absolute atomic E-state index is 0.400. The van der Waals surface area contributed by atoms with Gasteiger partial charge in [0.1, 0.15) is 0 Å². The van der Waals surface area contributed by atoms with Gasteiger partial charge in [0.2, 0.25) is 0 Å². The number of hydrogen-bond donors (Lipinski definition) is 1. The first-order valence-corrected chi connectivity index (χ1v) is 6.12. The molecule has 0 aliphatic heterocycles. The van der Waals surface area contributed by atoms with Gasteiger partial charge in [-0.2, -0.15) is 0 Å². The number of rotatable bonds is 4. The molecule has 5 heteroatoms. The third-order valence-corrected chi connectivity index (χ3v) is 3.28. The van der Waals surface area contributed by atoms with Crippen LogP contribution in [0.25, 0.3) is 11.3 Å². The lowest BCUT2D eigenvalue weighted by Gasteiger charge is -2.01. The van der Waals surface area contributed by atoms with Crippen molar-refractivity contribution in [2.24, 2.45) is 5.92 Å². The van der Waals surface area contributed by atoms with E-state index < -0.39 is 11.9 Å². The molecule has 1 atom stereocenters. The summed E-state index contributed by atoms with van der Waals surface area (Å²) < 4.78 is 0. The van der Waals surface area contributed by atoms with Gasteiger partial charge in [-0.1, -0.05) is 6.92 Å². The van der Waals surface area contributed by atoms with Crippen molar-refractivity contribution in [1.82, 2.24) is 9.97 Å². The predicted molar refractivity (Wildman–Crippen MR) is 65.8 cm³/mol. The minimum Gasteiger partial charge on any atom is -0.481 e. The molecule has 2 heterocycles. The van der Waals surface area contributed by atoms with Crippen molar-refractivity contribution in [2.75, 3.05) is 0 Å². The topological polar surface area (TPSA) is 63.1 Å². The molecule has 0 spiro atoms. The second-order valence-corrected chi connectivity index (χ2v) is 4.75. The summed E-state index contributed by atoms with van der Waals surface area (Å²) in [5, 5.41) is 11.6. The Labute approximate surface area is 103 Å². The molecule has 0 saturated carbocycles. The Morgan fingerprint density at radius 2 is 2.41 bits per heavy atom. The maximum atomic E-state index is 10.7. The number of carboxylic acids is 1. The predicted octanol–water partition coefficient (Wildman–Crippen LogP) is 2.47. The minimum atomic E-state index is -0.789. The van der Waals surface area contributed by atoms with Crippen LogP contribution in [0.1, 0.15) is 11.9 Å². The van der Waals surface area contributed by atoms with Crippen LogP contribution >= 0.6 is 11.3 Å². The molecule has 1 N–H and O–H groups in total. The summed E-state index contributed by atoms with van der Waals surface area (Å²) in [4.78, 5) is 19.2. The number of carbonyl (C=O) groups is 1. The average molecular weight is 248 g/mol. The highest BCUT2D eigenvalue weighted by molar-refractivity contribution is 7.09. The molecule has 0 fully saturated rings. The number of aromatic nitrogens is 2. The second-order valence-electron chi connectivity index (χ2n) is 3.81. The molecule has 4 nitrogen and oxygen atoms in total. The Bertz CT molecular complexity index is 510. The Kier molecular flexibility index (Phi) is 3.49. The van der Waals surface area contributed by atoms with Crippen molar-refractivity contribution in [1.29, 1.82) is 0 Å². The van der Waals surface area contributed by atoms with Crippen LogP contribution in [-0.4, -0.2) is 21.0 Å². The molecule has 2 rings (SSSR count). The number of hydrogen-bond acceptors (Lipinski definition) is 4. The van der Waals surface area contributed by atoms with Gasteiger partial charge in [0.05, 0.1) is 16.6 Å². The van der Waals surface area contributed by atoms with Crippen LogP contribution in [0.15, 0.2) is 29.9 Å². The number of aliphatic carboxylic acids is 1. The van der Waals surface area contributed by atoms with Crippen LogP contribution < -0.4 is 0 Å². The summed E-state index contributed by atoms with van der Waals surface area (Å²) >= 11 is 1.49. The van der Waals surface area contributed by atoms with Crippen molar-refractivity contribution in [3.63, 3.8) is 0 Å². The van der Waals surface area contributed by atoms with Gasteiger partial charge in [0.25, 0.3) is 0 Å². The molecule has 88 valence electrons. The number of nitrogens with zero attached hydrogens (tertiary/aromatic N) is 2. The molecule has 0 radical (unpaired) electrons. The third kappa shape index (κ3) is 2.88. The fourth-order valence-corrected chi connectivity index (χ4v) is 2.33. The van der Waals surface area contributed by atoms with Crippen LogP contribution in [0.3, 0.4) is 0 Å². The lowest BCUT2D eigenvalue weighted by Crippen LogP contribution is -2.11. The SMILES string of the molecule is CC(Cc1nc(-c2cccnc2)cs1)C(=O)O. The lowest BCUT2D eigenvalue weighted by atomic mass is 10.1. The van der Waals surface area contributed by atoms with Gasteiger partial charge in [-0.3, -0.25) is 9.78 Å². The maximum Gasteiger partial charge on any atom is 0.306 e. The third-order valence-electron chi connectivity index (χ3n) is 2.41. The number of pyridine rings is 1. The highest BCUT2D eigenvalue weighted by Crippen LogP contribution is 2.22. The lowest BCUT2D eigenvalue weighted by molar-refractivity contribution is -0.141. The van der Waals surface area contributed by atoms with Gasteiger partial charge in [-0.05, 0) is 12.1 Å².